The van der Waals surface area contributed by atoms with Gasteiger partial charge in [0.25, 0.3) is 0 Å². The van der Waals surface area contributed by atoms with Gasteiger partial charge in [0.15, 0.2) is 0 Å². The molecule has 15 aromatic rings. The first-order valence-corrected chi connectivity index (χ1v) is 32.6. The third-order valence-corrected chi connectivity index (χ3v) is 22.9. The monoisotopic (exact) mass is 1140 g/mol. The Morgan fingerprint density at radius 2 is 0.388 bits per heavy atom. The van der Waals surface area contributed by atoms with Gasteiger partial charge in [0.1, 0.15) is 0 Å². The maximum atomic E-state index is 5.61. The van der Waals surface area contributed by atoms with Gasteiger partial charge in [0.2, 0.25) is 0 Å². The number of hydrogen-bond acceptors (Lipinski definition) is 4. The molecule has 0 atom stereocenters. The molecule has 0 aliphatic carbocycles. The van der Waals surface area contributed by atoms with Crippen molar-refractivity contribution in [1.82, 2.24) is 19.9 Å². The second-order valence-corrected chi connectivity index (χ2v) is 27.8. The Morgan fingerprint density at radius 3 is 0.671 bits per heavy atom. The Bertz CT molecular complexity index is 4510. The number of benzene rings is 11. The van der Waals surface area contributed by atoms with Crippen LogP contribution < -0.4 is 47.7 Å². The fourth-order valence-electron chi connectivity index (χ4n) is 11.6. The van der Waals surface area contributed by atoms with E-state index in [0.717, 1.165) is 88.6 Å². The van der Waals surface area contributed by atoms with Gasteiger partial charge >= 0.3 is 0 Å². The van der Waals surface area contributed by atoms with Crippen LogP contribution in [0.15, 0.2) is 322 Å². The van der Waals surface area contributed by atoms with Crippen LogP contribution in [0.3, 0.4) is 0 Å². The first-order chi connectivity index (χ1) is 42.1. The fourth-order valence-corrected chi connectivity index (χ4v) is 18.7. The van der Waals surface area contributed by atoms with E-state index < -0.39 is 23.8 Å². The highest BCUT2D eigenvalue weighted by Gasteiger charge is 2.23. The highest BCUT2D eigenvalue weighted by Crippen LogP contribution is 2.40. The molecule has 4 heterocycles. The smallest absolute Gasteiger partial charge is 0.0972 e. The van der Waals surface area contributed by atoms with Gasteiger partial charge in [-0.2, -0.15) is 0 Å². The average molecular weight is 1140 g/mol. The molecule has 15 rings (SSSR count). The highest BCUT2D eigenvalue weighted by atomic mass is 31.1. The van der Waals surface area contributed by atoms with E-state index in [1.807, 2.05) is 0 Å². The van der Waals surface area contributed by atoms with Crippen LogP contribution in [-0.2, 0) is 0 Å². The molecule has 11 aromatic carbocycles. The summed E-state index contributed by atoms with van der Waals surface area (Å²) in [6, 6.07) is 116. The van der Waals surface area contributed by atoms with Gasteiger partial charge in [-0.05, 0) is 126 Å². The molecule has 0 saturated heterocycles. The van der Waals surface area contributed by atoms with Gasteiger partial charge in [0, 0.05) is 43.8 Å². The number of fused-ring (bicyclic) bond motifs is 6. The van der Waals surface area contributed by atoms with E-state index in [-0.39, 0.29) is 0 Å². The standard InChI is InChI=1S/C78H53N4P3/c1-7-23-62(24-8-1)83(63-25-9-2-10-26-63)68-35-19-21-58(50-68)71-45-41-54-37-39-56-43-47-73(81-77(56)75(54)79-71)60-49-61(53-70(52-60)85(66-31-15-5-16-32-66)67-33-17-6-18-34-67)74-48-44-57-40-38-55-42-46-72(80-76(55)78(57)82-74)59-22-20-36-69(51-59)84(64-27-11-3-12-28-64)65-29-13-4-14-30-65/h1-53H. The molecule has 0 aliphatic rings. The molecule has 4 nitrogen and oxygen atoms in total. The number of nitrogens with zero attached hydrogens (tertiary/aromatic N) is 4. The Hall–Kier alpha value is -9.65. The predicted octanol–water partition coefficient (Wildman–Crippen LogP) is 15.8. The molecule has 400 valence electrons. The van der Waals surface area contributed by atoms with Gasteiger partial charge in [-0.15, -0.1) is 0 Å². The summed E-state index contributed by atoms with van der Waals surface area (Å²) in [6.07, 6.45) is 0. The number of hydrogen-bond donors (Lipinski definition) is 0. The molecule has 0 radical (unpaired) electrons. The largest absolute Gasteiger partial charge is 0.245 e. The summed E-state index contributed by atoms with van der Waals surface area (Å²) in [6.45, 7) is 0. The molecule has 0 amide bonds. The molecule has 7 heteroatoms. The van der Waals surface area contributed by atoms with Crippen molar-refractivity contribution in [3.63, 3.8) is 0 Å². The van der Waals surface area contributed by atoms with Crippen LogP contribution in [0.1, 0.15) is 0 Å². The molecule has 0 spiro atoms. The van der Waals surface area contributed by atoms with E-state index in [1.165, 1.54) is 47.7 Å². The van der Waals surface area contributed by atoms with E-state index in [2.05, 4.69) is 322 Å². The molecule has 4 aromatic heterocycles. The van der Waals surface area contributed by atoms with Gasteiger partial charge < -0.3 is 0 Å². The summed E-state index contributed by atoms with van der Waals surface area (Å²) in [5.41, 5.74) is 11.2. The van der Waals surface area contributed by atoms with Crippen molar-refractivity contribution in [2.75, 3.05) is 0 Å². The lowest BCUT2D eigenvalue weighted by Crippen LogP contribution is -2.21. The Morgan fingerprint density at radius 1 is 0.165 bits per heavy atom. The zero-order valence-electron chi connectivity index (χ0n) is 46.2. The average Bonchev–Trinajstić information content (AvgIpc) is 3.77. The summed E-state index contributed by atoms with van der Waals surface area (Å²) in [7, 11) is -2.58. The SMILES string of the molecule is c1ccc(P(c2ccccc2)c2cccc(-c3ccc4ccc5ccc(-c6cc(-c7ccc8ccc9ccc(-c%10cccc(P(c%11ccccc%11)c%11ccccc%11)c%10)nc9c8n7)cc(P(c7ccccc7)c7ccccc7)c6)nc5c4n3)c2)cc1. The van der Waals surface area contributed by atoms with E-state index in [0.29, 0.717) is 0 Å². The minimum atomic E-state index is -0.998. The van der Waals surface area contributed by atoms with E-state index in [9.17, 15) is 0 Å². The number of rotatable bonds is 13. The van der Waals surface area contributed by atoms with Crippen LogP contribution >= 0.6 is 23.8 Å². The lowest BCUT2D eigenvalue weighted by molar-refractivity contribution is 1.36. The first kappa shape index (κ1) is 52.2. The lowest BCUT2D eigenvalue weighted by Gasteiger charge is -2.21. The van der Waals surface area contributed by atoms with Crippen molar-refractivity contribution in [1.29, 1.82) is 0 Å². The minimum absolute atomic E-state index is 0.792. The molecular formula is C78H53N4P3. The fraction of sp³-hybridized carbons (Fsp3) is 0. The van der Waals surface area contributed by atoms with E-state index in [4.69, 9.17) is 19.9 Å². The van der Waals surface area contributed by atoms with Gasteiger partial charge in [0.05, 0.1) is 44.8 Å². The van der Waals surface area contributed by atoms with Gasteiger partial charge in [-0.25, -0.2) is 19.9 Å². The predicted molar refractivity (Wildman–Crippen MR) is 366 cm³/mol. The second kappa shape index (κ2) is 23.2. The zero-order valence-corrected chi connectivity index (χ0v) is 48.9. The van der Waals surface area contributed by atoms with Crippen molar-refractivity contribution < 1.29 is 0 Å². The van der Waals surface area contributed by atoms with E-state index in [1.54, 1.807) is 0 Å². The molecule has 0 fully saturated rings. The second-order valence-electron chi connectivity index (χ2n) is 21.1. The topological polar surface area (TPSA) is 51.6 Å². The maximum Gasteiger partial charge on any atom is 0.0972 e. The van der Waals surface area contributed by atoms with Crippen molar-refractivity contribution >= 4 is 115 Å². The summed E-state index contributed by atoms with van der Waals surface area (Å²) in [4.78, 5) is 22.2. The van der Waals surface area contributed by atoms with Crippen LogP contribution in [0.5, 0.6) is 0 Å². The third kappa shape index (κ3) is 10.5. The molecular weight excluding hydrogens is 1090 g/mol. The molecule has 0 unspecified atom stereocenters. The molecule has 85 heavy (non-hydrogen) atoms. The number of pyridine rings is 4. The van der Waals surface area contributed by atoms with Crippen LogP contribution in [0, 0.1) is 0 Å². The van der Waals surface area contributed by atoms with Crippen molar-refractivity contribution in [2.45, 2.75) is 0 Å². The normalized spacial score (nSPS) is 11.6. The van der Waals surface area contributed by atoms with Gasteiger partial charge in [-0.1, -0.05) is 267 Å². The molecule has 0 N–H and O–H groups in total. The maximum absolute atomic E-state index is 5.61. The Labute approximate surface area is 498 Å². The van der Waals surface area contributed by atoms with Crippen LogP contribution in [-0.4, -0.2) is 19.9 Å². The Balaban J connectivity index is 0.860. The summed E-state index contributed by atoms with van der Waals surface area (Å²) in [5.74, 6) is 0. The third-order valence-electron chi connectivity index (χ3n) is 15.7. The summed E-state index contributed by atoms with van der Waals surface area (Å²) >= 11 is 0. The van der Waals surface area contributed by atoms with Crippen LogP contribution in [0.2, 0.25) is 0 Å². The van der Waals surface area contributed by atoms with Crippen LogP contribution in [0.4, 0.5) is 0 Å². The quantitative estimate of drug-likeness (QED) is 0.0853. The summed E-state index contributed by atoms with van der Waals surface area (Å²) < 4.78 is 0. The zero-order chi connectivity index (χ0) is 56.5. The highest BCUT2D eigenvalue weighted by molar-refractivity contribution is 7.80. The van der Waals surface area contributed by atoms with Crippen molar-refractivity contribution in [3.8, 4) is 45.0 Å². The molecule has 0 aliphatic heterocycles. The van der Waals surface area contributed by atoms with Crippen molar-refractivity contribution in [2.24, 2.45) is 0 Å². The lowest BCUT2D eigenvalue weighted by atomic mass is 10.0. The number of aromatic nitrogens is 4. The van der Waals surface area contributed by atoms with Crippen LogP contribution in [0.25, 0.3) is 88.6 Å². The van der Waals surface area contributed by atoms with Gasteiger partial charge in [-0.3, -0.25) is 0 Å². The van der Waals surface area contributed by atoms with Crippen molar-refractivity contribution in [3.05, 3.63) is 322 Å². The molecule has 0 bridgehead atoms. The molecule has 0 saturated carbocycles. The van der Waals surface area contributed by atoms with E-state index >= 15 is 0 Å². The Kier molecular flexibility index (Phi) is 14.2. The summed E-state index contributed by atoms with van der Waals surface area (Å²) in [5, 5.41) is 15.7. The minimum Gasteiger partial charge on any atom is -0.245 e. The first-order valence-electron chi connectivity index (χ1n) is 28.6.